The van der Waals surface area contributed by atoms with E-state index in [1.54, 1.807) is 17.0 Å². The molecule has 2 aliphatic heterocycles. The lowest BCUT2D eigenvalue weighted by Crippen LogP contribution is -2.54. The van der Waals surface area contributed by atoms with Gasteiger partial charge in [-0.15, -0.1) is 0 Å². The first kappa shape index (κ1) is 17.2. The van der Waals surface area contributed by atoms with Crippen molar-refractivity contribution in [2.45, 2.75) is 23.8 Å². The molecule has 9 heteroatoms. The molecular formula is C15H18ClN3O4S. The number of carbonyl (C=O) groups is 2. The molecule has 24 heavy (non-hydrogen) atoms. The van der Waals surface area contributed by atoms with Gasteiger partial charge in [0.1, 0.15) is 10.9 Å². The van der Waals surface area contributed by atoms with E-state index in [0.717, 1.165) is 0 Å². The number of rotatable bonds is 3. The number of nitrogens with zero attached hydrogens (tertiary/aromatic N) is 2. The van der Waals surface area contributed by atoms with E-state index in [-0.39, 0.29) is 34.8 Å². The van der Waals surface area contributed by atoms with Crippen LogP contribution in [0.25, 0.3) is 0 Å². The summed E-state index contributed by atoms with van der Waals surface area (Å²) in [4.78, 5) is 25.3. The highest BCUT2D eigenvalue weighted by Crippen LogP contribution is 2.25. The second-order valence-electron chi connectivity index (χ2n) is 5.82. The molecule has 2 fully saturated rings. The Hall–Kier alpha value is -1.64. The minimum atomic E-state index is -3.68. The van der Waals surface area contributed by atoms with Crippen LogP contribution in [-0.4, -0.2) is 61.7 Å². The molecular weight excluding hydrogens is 354 g/mol. The van der Waals surface area contributed by atoms with Gasteiger partial charge in [-0.3, -0.25) is 9.59 Å². The second-order valence-corrected chi connectivity index (χ2v) is 8.13. The zero-order valence-electron chi connectivity index (χ0n) is 12.9. The highest BCUT2D eigenvalue weighted by molar-refractivity contribution is 7.89. The topological polar surface area (TPSA) is 86.8 Å². The first-order valence-corrected chi connectivity index (χ1v) is 9.54. The zero-order chi connectivity index (χ0) is 17.3. The van der Waals surface area contributed by atoms with Gasteiger partial charge in [0, 0.05) is 32.6 Å². The van der Waals surface area contributed by atoms with E-state index in [9.17, 15) is 18.0 Å². The fourth-order valence-corrected chi connectivity index (χ4v) is 4.88. The molecule has 1 atom stereocenters. The van der Waals surface area contributed by atoms with E-state index in [1.807, 2.05) is 0 Å². The number of benzene rings is 1. The molecule has 0 saturated carbocycles. The highest BCUT2D eigenvalue weighted by atomic mass is 35.5. The summed E-state index contributed by atoms with van der Waals surface area (Å²) < 4.78 is 26.7. The summed E-state index contributed by atoms with van der Waals surface area (Å²) >= 11 is 6.00. The summed E-state index contributed by atoms with van der Waals surface area (Å²) in [5.74, 6) is -0.260. The summed E-state index contributed by atoms with van der Waals surface area (Å²) in [7, 11) is -3.68. The molecule has 0 aromatic heterocycles. The number of carbonyl (C=O) groups excluding carboxylic acids is 2. The molecule has 1 N–H and O–H groups in total. The molecule has 0 bridgehead atoms. The van der Waals surface area contributed by atoms with Crippen LogP contribution in [0.1, 0.15) is 12.8 Å². The Balaban J connectivity index is 1.66. The molecule has 1 aromatic carbocycles. The fourth-order valence-electron chi connectivity index (χ4n) is 2.96. The maximum atomic E-state index is 12.7. The van der Waals surface area contributed by atoms with Crippen molar-refractivity contribution in [3.63, 3.8) is 0 Å². The van der Waals surface area contributed by atoms with Crippen LogP contribution >= 0.6 is 11.6 Å². The highest BCUT2D eigenvalue weighted by Gasteiger charge is 2.35. The van der Waals surface area contributed by atoms with Gasteiger partial charge in [0.05, 0.1) is 5.02 Å². The van der Waals surface area contributed by atoms with Crippen LogP contribution in [0.3, 0.4) is 0 Å². The van der Waals surface area contributed by atoms with Gasteiger partial charge in [0.2, 0.25) is 21.8 Å². The van der Waals surface area contributed by atoms with Gasteiger partial charge in [0.15, 0.2) is 0 Å². The Morgan fingerprint density at radius 1 is 1.17 bits per heavy atom. The molecule has 130 valence electrons. The van der Waals surface area contributed by atoms with Crippen molar-refractivity contribution in [1.29, 1.82) is 0 Å². The van der Waals surface area contributed by atoms with E-state index in [0.29, 0.717) is 25.9 Å². The second kappa shape index (κ2) is 6.70. The summed E-state index contributed by atoms with van der Waals surface area (Å²) in [6, 6.07) is 5.83. The minimum Gasteiger partial charge on any atom is -0.344 e. The molecule has 0 aliphatic carbocycles. The van der Waals surface area contributed by atoms with Crippen molar-refractivity contribution < 1.29 is 18.0 Å². The predicted molar refractivity (Wildman–Crippen MR) is 88.0 cm³/mol. The van der Waals surface area contributed by atoms with Crippen molar-refractivity contribution in [3.8, 4) is 0 Å². The van der Waals surface area contributed by atoms with Gasteiger partial charge in [-0.05, 0) is 18.6 Å². The first-order valence-electron chi connectivity index (χ1n) is 7.72. The normalized spacial score (nSPS) is 22.5. The Bertz CT molecular complexity index is 760. The molecule has 0 radical (unpaired) electrons. The summed E-state index contributed by atoms with van der Waals surface area (Å²) in [6.07, 6.45) is 0.854. The van der Waals surface area contributed by atoms with Gasteiger partial charge in [0.25, 0.3) is 0 Å². The lowest BCUT2D eigenvalue weighted by molar-refractivity contribution is -0.135. The van der Waals surface area contributed by atoms with Crippen molar-refractivity contribution in [3.05, 3.63) is 29.3 Å². The van der Waals surface area contributed by atoms with Gasteiger partial charge < -0.3 is 10.2 Å². The Labute approximate surface area is 145 Å². The van der Waals surface area contributed by atoms with Crippen molar-refractivity contribution in [1.82, 2.24) is 14.5 Å². The van der Waals surface area contributed by atoms with E-state index >= 15 is 0 Å². The zero-order valence-corrected chi connectivity index (χ0v) is 14.5. The molecule has 7 nitrogen and oxygen atoms in total. The van der Waals surface area contributed by atoms with Crippen molar-refractivity contribution in [2.75, 3.05) is 26.2 Å². The van der Waals surface area contributed by atoms with Crippen LogP contribution < -0.4 is 5.32 Å². The molecule has 2 heterocycles. The summed E-state index contributed by atoms with van der Waals surface area (Å²) in [5.41, 5.74) is 0. The van der Waals surface area contributed by atoms with E-state index in [1.165, 1.54) is 16.4 Å². The van der Waals surface area contributed by atoms with E-state index < -0.39 is 16.1 Å². The van der Waals surface area contributed by atoms with Gasteiger partial charge in [-0.1, -0.05) is 23.7 Å². The number of amides is 2. The van der Waals surface area contributed by atoms with E-state index in [2.05, 4.69) is 5.32 Å². The van der Waals surface area contributed by atoms with Crippen LogP contribution in [0.4, 0.5) is 0 Å². The fraction of sp³-hybridized carbons (Fsp3) is 0.467. The molecule has 0 unspecified atom stereocenters. The molecule has 1 aromatic rings. The van der Waals surface area contributed by atoms with Crippen molar-refractivity contribution in [2.24, 2.45) is 0 Å². The van der Waals surface area contributed by atoms with Gasteiger partial charge in [-0.25, -0.2) is 8.42 Å². The number of nitrogens with one attached hydrogen (secondary N) is 1. The van der Waals surface area contributed by atoms with Crippen LogP contribution in [0.2, 0.25) is 5.02 Å². The third-order valence-corrected chi connectivity index (χ3v) is 6.70. The number of hydrogen-bond donors (Lipinski definition) is 1. The monoisotopic (exact) mass is 371 g/mol. The molecule has 2 saturated heterocycles. The van der Waals surface area contributed by atoms with Gasteiger partial charge in [-0.2, -0.15) is 4.31 Å². The Morgan fingerprint density at radius 2 is 1.83 bits per heavy atom. The predicted octanol–water partition coefficient (Wildman–Crippen LogP) is 0.451. The first-order chi connectivity index (χ1) is 11.4. The van der Waals surface area contributed by atoms with Crippen molar-refractivity contribution >= 4 is 33.4 Å². The third-order valence-electron chi connectivity index (χ3n) is 4.30. The van der Waals surface area contributed by atoms with Crippen LogP contribution in [0.15, 0.2) is 29.2 Å². The lowest BCUT2D eigenvalue weighted by Gasteiger charge is -2.35. The molecule has 0 spiro atoms. The molecule has 3 rings (SSSR count). The largest absolute Gasteiger partial charge is 0.344 e. The quantitative estimate of drug-likeness (QED) is 0.835. The standard InChI is InChI=1S/C15H18ClN3O4S/c16-11-3-1-2-4-13(11)24(22,23)19-9-7-18(8-10-19)15(21)12-5-6-14(20)17-12/h1-4,12H,5-10H2,(H,17,20)/t12-/m1/s1. The minimum absolute atomic E-state index is 0.0782. The Kier molecular flexibility index (Phi) is 4.80. The lowest BCUT2D eigenvalue weighted by atomic mass is 10.2. The van der Waals surface area contributed by atoms with Crippen LogP contribution in [0, 0.1) is 0 Å². The third kappa shape index (κ3) is 3.26. The summed E-state index contributed by atoms with van der Waals surface area (Å²) in [6.45, 7) is 1.02. The van der Waals surface area contributed by atoms with Crippen LogP contribution in [-0.2, 0) is 19.6 Å². The number of halogens is 1. The smallest absolute Gasteiger partial charge is 0.245 e. The molecule has 2 aliphatic rings. The number of sulfonamides is 1. The maximum absolute atomic E-state index is 12.7. The Morgan fingerprint density at radius 3 is 2.42 bits per heavy atom. The van der Waals surface area contributed by atoms with E-state index in [4.69, 9.17) is 11.6 Å². The number of hydrogen-bond acceptors (Lipinski definition) is 4. The SMILES string of the molecule is O=C1CC[C@H](C(=O)N2CCN(S(=O)(=O)c3ccccc3Cl)CC2)N1. The average molecular weight is 372 g/mol. The van der Waals surface area contributed by atoms with Gasteiger partial charge >= 0.3 is 0 Å². The van der Waals surface area contributed by atoms with Crippen LogP contribution in [0.5, 0.6) is 0 Å². The molecule has 2 amide bonds. The average Bonchev–Trinajstić information content (AvgIpc) is 3.01. The maximum Gasteiger partial charge on any atom is 0.245 e. The summed E-state index contributed by atoms with van der Waals surface area (Å²) in [5, 5.41) is 2.83. The number of piperazine rings is 1.